The molecular weight excluding hydrogens is 655 g/mol. The molecule has 11 nitrogen and oxygen atoms in total. The minimum absolute atomic E-state index is 0. The number of imide groups is 2. The number of hydrogen-bond acceptors (Lipinski definition) is 12. The van der Waals surface area contributed by atoms with Crippen LogP contribution < -0.4 is 0 Å². The number of imidazole rings is 1. The molecule has 2 aliphatic heterocycles. The molecule has 1 N–H and O–H groups in total. The molecule has 2 saturated heterocycles. The highest BCUT2D eigenvalue weighted by molar-refractivity contribution is 8.18. The molecule has 0 radical (unpaired) electrons. The molecule has 0 aromatic carbocycles. The average Bonchev–Trinajstić information content (AvgIpc) is 3.82. The second-order valence-electron chi connectivity index (χ2n) is 9.87. The van der Waals surface area contributed by atoms with Gasteiger partial charge in [0.05, 0.1) is 9.81 Å². The van der Waals surface area contributed by atoms with E-state index in [0.29, 0.717) is 31.5 Å². The van der Waals surface area contributed by atoms with Gasteiger partial charge in [0.25, 0.3) is 22.3 Å². The fourth-order valence-electron chi connectivity index (χ4n) is 3.95. The van der Waals surface area contributed by atoms with Gasteiger partial charge in [0, 0.05) is 44.3 Å². The Kier molecular flexibility index (Phi) is 10.4. The molecule has 15 heteroatoms. The molecule has 6 rings (SSSR count). The summed E-state index contributed by atoms with van der Waals surface area (Å²) in [5.41, 5.74) is 0. The smallest absolute Gasteiger partial charge is 0.293 e. The largest absolute Gasteiger partial charge is 0.450 e. The minimum Gasteiger partial charge on any atom is -0.450 e. The molecule has 2 fully saturated rings. The number of thioether (sulfide) groups is 2. The zero-order chi connectivity index (χ0) is 32.1. The molecule has 6 heterocycles. The van der Waals surface area contributed by atoms with E-state index in [1.165, 1.54) is 33.3 Å². The van der Waals surface area contributed by atoms with Crippen molar-refractivity contribution in [2.24, 2.45) is 0 Å². The number of pyridine rings is 1. The average molecular weight is 684 g/mol. The molecule has 2 aliphatic rings. The van der Waals surface area contributed by atoms with Crippen LogP contribution >= 0.6 is 47.0 Å². The number of furan rings is 2. The van der Waals surface area contributed by atoms with Crippen molar-refractivity contribution in [2.75, 3.05) is 0 Å². The molecule has 0 atom stereocenters. The van der Waals surface area contributed by atoms with Crippen LogP contribution in [0.4, 0.5) is 9.59 Å². The van der Waals surface area contributed by atoms with Crippen molar-refractivity contribution < 1.29 is 29.4 Å². The fourth-order valence-corrected chi connectivity index (χ4v) is 7.28. The predicted molar refractivity (Wildman–Crippen MR) is 176 cm³/mol. The zero-order valence-corrected chi connectivity index (χ0v) is 27.7. The topological polar surface area (TPSA) is 143 Å². The van der Waals surface area contributed by atoms with Crippen LogP contribution in [0.2, 0.25) is 0 Å². The molecule has 45 heavy (non-hydrogen) atoms. The van der Waals surface area contributed by atoms with Crippen LogP contribution in [0, 0.1) is 0 Å². The van der Waals surface area contributed by atoms with Gasteiger partial charge in [0.15, 0.2) is 15.3 Å². The molecule has 4 aromatic rings. The van der Waals surface area contributed by atoms with Crippen LogP contribution in [0.1, 0.15) is 40.6 Å². The molecule has 0 bridgehead atoms. The summed E-state index contributed by atoms with van der Waals surface area (Å²) in [5.74, 6) is 0.521. The van der Waals surface area contributed by atoms with E-state index in [0.717, 1.165) is 33.7 Å². The van der Waals surface area contributed by atoms with Crippen molar-refractivity contribution in [3.63, 3.8) is 0 Å². The van der Waals surface area contributed by atoms with Crippen molar-refractivity contribution >= 4 is 81.5 Å². The Labute approximate surface area is 277 Å². The van der Waals surface area contributed by atoms with Crippen LogP contribution in [0.25, 0.3) is 12.2 Å². The van der Waals surface area contributed by atoms with Gasteiger partial charge in [-0.2, -0.15) is 0 Å². The van der Waals surface area contributed by atoms with Crippen LogP contribution in [0.15, 0.2) is 100 Å². The summed E-state index contributed by atoms with van der Waals surface area (Å²) in [7, 11) is 0. The van der Waals surface area contributed by atoms with Gasteiger partial charge in [0.1, 0.15) is 16.5 Å². The van der Waals surface area contributed by atoms with E-state index in [-0.39, 0.29) is 35.8 Å². The number of nitrogens with one attached hydrogen (secondary N) is 1. The highest BCUT2D eigenvalue weighted by Crippen LogP contribution is 2.36. The second kappa shape index (κ2) is 14.5. The molecule has 0 aliphatic carbocycles. The zero-order valence-electron chi connectivity index (χ0n) is 24.5. The molecule has 234 valence electrons. The number of hydrogen-bond donors (Lipinski definition) is 1. The van der Waals surface area contributed by atoms with E-state index in [1.807, 2.05) is 52.0 Å². The highest BCUT2D eigenvalue weighted by atomic mass is 32.2. The lowest BCUT2D eigenvalue weighted by molar-refractivity contribution is -0.124. The number of H-pyrrole nitrogens is 1. The van der Waals surface area contributed by atoms with Gasteiger partial charge in [-0.25, -0.2) is 9.97 Å². The number of rotatable bonds is 8. The van der Waals surface area contributed by atoms with E-state index >= 15 is 0 Å². The van der Waals surface area contributed by atoms with Gasteiger partial charge >= 0.3 is 0 Å². The summed E-state index contributed by atoms with van der Waals surface area (Å²) < 4.78 is 11.3. The van der Waals surface area contributed by atoms with Crippen LogP contribution in [0.5, 0.6) is 0 Å². The van der Waals surface area contributed by atoms with Gasteiger partial charge in [0.2, 0.25) is 0 Å². The molecule has 0 unspecified atom stereocenters. The van der Waals surface area contributed by atoms with Crippen LogP contribution in [-0.4, -0.2) is 59.1 Å². The Hall–Kier alpha value is -3.92. The Bertz CT molecular complexity index is 1770. The van der Waals surface area contributed by atoms with Crippen LogP contribution in [-0.2, 0) is 9.59 Å². The Balaban J connectivity index is 0.000000205. The number of amides is 4. The molecule has 0 spiro atoms. The monoisotopic (exact) mass is 683 g/mol. The quantitative estimate of drug-likeness (QED) is 0.179. The van der Waals surface area contributed by atoms with Gasteiger partial charge in [-0.05, 0) is 111 Å². The maximum absolute atomic E-state index is 12.2. The number of aromatic nitrogens is 3. The number of aromatic amines is 1. The first-order valence-electron chi connectivity index (χ1n) is 13.6. The van der Waals surface area contributed by atoms with Gasteiger partial charge < -0.3 is 13.8 Å². The summed E-state index contributed by atoms with van der Waals surface area (Å²) in [4.78, 5) is 62.6. The third kappa shape index (κ3) is 8.03. The second-order valence-corrected chi connectivity index (χ2v) is 13.9. The Morgan fingerprint density at radius 1 is 0.756 bits per heavy atom. The van der Waals surface area contributed by atoms with E-state index < -0.39 is 0 Å². The first-order chi connectivity index (χ1) is 21.6. The van der Waals surface area contributed by atoms with Crippen molar-refractivity contribution in [2.45, 2.75) is 60.1 Å². The highest BCUT2D eigenvalue weighted by Gasteiger charge is 2.37. The molecule has 0 saturated carbocycles. The molecule has 4 amide bonds. The maximum atomic E-state index is 12.2. The minimum atomic E-state index is -0.276. The van der Waals surface area contributed by atoms with Crippen molar-refractivity contribution in [1.82, 2.24) is 24.8 Å². The molecular formula is C30H29N5O6S4. The third-order valence-corrected chi connectivity index (χ3v) is 9.42. The first kappa shape index (κ1) is 32.5. The van der Waals surface area contributed by atoms with Crippen molar-refractivity contribution in [3.05, 3.63) is 82.4 Å². The predicted octanol–water partition coefficient (Wildman–Crippen LogP) is 8.12. The summed E-state index contributed by atoms with van der Waals surface area (Å²) >= 11 is 4.62. The van der Waals surface area contributed by atoms with Crippen molar-refractivity contribution in [3.8, 4) is 0 Å². The fraction of sp³-hybridized carbons (Fsp3) is 0.200. The standard InChI is InChI=1S/C16H14N2O3S2.C14H13N3O3S2.H2/c1-10(2)18-15(19)12(22-16(18)20)9-11-6-7-14(21-11)23-13-5-3-4-8-17-13;1-8(2)17-12(18)10(21-14(17)19)7-9-3-4-11(20-9)22-13-15-5-6-16-13;/h3-10H,1-2H3;3-8H,1-2H3,(H,15,16);1H/b12-9-;10-7-;. The lowest BCUT2D eigenvalue weighted by atomic mass is 10.3. The van der Waals surface area contributed by atoms with E-state index in [4.69, 9.17) is 8.83 Å². The van der Waals surface area contributed by atoms with Crippen LogP contribution in [0.3, 0.4) is 0 Å². The summed E-state index contributed by atoms with van der Waals surface area (Å²) in [6.45, 7) is 7.25. The summed E-state index contributed by atoms with van der Waals surface area (Å²) in [6, 6.07) is 12.5. The lowest BCUT2D eigenvalue weighted by Gasteiger charge is -2.16. The molecule has 4 aromatic heterocycles. The number of carbonyl (C=O) groups excluding carboxylic acids is 4. The van der Waals surface area contributed by atoms with E-state index in [1.54, 1.807) is 48.9 Å². The SMILES string of the molecule is CC(C)N1C(=O)S/C(=C\c2ccc(Sc3ccccn3)o2)C1=O.CC(C)N1C(=O)S/C(=C\c2ccc(Sc3ncc[nH]3)o2)C1=O.[HH]. The van der Waals surface area contributed by atoms with Gasteiger partial charge in [-0.1, -0.05) is 6.07 Å². The number of nitrogens with zero attached hydrogens (tertiary/aromatic N) is 4. The van der Waals surface area contributed by atoms with Gasteiger partial charge in [-0.3, -0.25) is 29.0 Å². The van der Waals surface area contributed by atoms with E-state index in [9.17, 15) is 19.2 Å². The first-order valence-corrected chi connectivity index (χ1v) is 16.9. The van der Waals surface area contributed by atoms with Gasteiger partial charge in [-0.15, -0.1) is 0 Å². The maximum Gasteiger partial charge on any atom is 0.293 e. The van der Waals surface area contributed by atoms with E-state index in [2.05, 4.69) is 15.0 Å². The Morgan fingerprint density at radius 3 is 1.76 bits per heavy atom. The summed E-state index contributed by atoms with van der Waals surface area (Å²) in [6.07, 6.45) is 8.31. The third-order valence-electron chi connectivity index (χ3n) is 5.94. The van der Waals surface area contributed by atoms with Crippen molar-refractivity contribution in [1.29, 1.82) is 0 Å². The Morgan fingerprint density at radius 2 is 1.31 bits per heavy atom. The lowest BCUT2D eigenvalue weighted by Crippen LogP contribution is -2.34. The summed E-state index contributed by atoms with van der Waals surface area (Å²) in [5, 5.41) is 2.39. The number of carbonyl (C=O) groups is 4. The normalized spacial score (nSPS) is 17.0.